The van der Waals surface area contributed by atoms with Crippen molar-refractivity contribution in [3.63, 3.8) is 0 Å². The Labute approximate surface area is 199 Å². The van der Waals surface area contributed by atoms with Crippen LogP contribution in [0.4, 0.5) is 19.1 Å². The van der Waals surface area contributed by atoms with Gasteiger partial charge in [0, 0.05) is 30.8 Å². The Morgan fingerprint density at radius 3 is 2.39 bits per heavy atom. The fourth-order valence-electron chi connectivity index (χ4n) is 6.28. The van der Waals surface area contributed by atoms with Gasteiger partial charge in [0.2, 0.25) is 5.95 Å². The number of nitrogen functional groups attached to an aromatic ring is 1. The van der Waals surface area contributed by atoms with Crippen LogP contribution in [-0.2, 0) is 6.18 Å². The first-order chi connectivity index (χ1) is 15.4. The molecule has 4 atom stereocenters. The molecule has 1 saturated heterocycles. The summed E-state index contributed by atoms with van der Waals surface area (Å²) in [6, 6.07) is 0. The summed E-state index contributed by atoms with van der Waals surface area (Å²) in [5, 5.41) is 0. The van der Waals surface area contributed by atoms with Gasteiger partial charge in [0.25, 0.3) is 5.91 Å². The minimum absolute atomic E-state index is 0.422. The summed E-state index contributed by atoms with van der Waals surface area (Å²) >= 11 is 1.66. The van der Waals surface area contributed by atoms with Crippen molar-refractivity contribution in [1.29, 1.82) is 0 Å². The Balaban J connectivity index is 0.000000186. The molecule has 33 heavy (non-hydrogen) atoms. The molecule has 5 nitrogen and oxygen atoms in total. The highest BCUT2D eigenvalue weighted by atomic mass is 32.2. The van der Waals surface area contributed by atoms with Crippen LogP contribution < -0.4 is 5.73 Å². The van der Waals surface area contributed by atoms with Gasteiger partial charge in [-0.05, 0) is 54.3 Å². The van der Waals surface area contributed by atoms with E-state index in [4.69, 9.17) is 5.73 Å². The number of rotatable bonds is 1. The summed E-state index contributed by atoms with van der Waals surface area (Å²) in [5.41, 5.74) is 4.82. The molecule has 1 aliphatic heterocycles. The topological polar surface area (TPSA) is 72.1 Å². The van der Waals surface area contributed by atoms with Crippen molar-refractivity contribution < 1.29 is 18.0 Å². The Hall–Kier alpha value is -1.51. The average molecular weight is 487 g/mol. The number of hydrogen-bond acceptors (Lipinski definition) is 5. The molecule has 0 aromatic carbocycles. The highest BCUT2D eigenvalue weighted by molar-refractivity contribution is 7.99. The van der Waals surface area contributed by atoms with Gasteiger partial charge in [-0.2, -0.15) is 24.9 Å². The van der Waals surface area contributed by atoms with Gasteiger partial charge in [-0.25, -0.2) is 9.97 Å². The lowest BCUT2D eigenvalue weighted by atomic mass is 9.71. The molecule has 0 radical (unpaired) electrons. The molecule has 0 spiro atoms. The molecule has 5 rings (SSSR count). The van der Waals surface area contributed by atoms with E-state index in [1.54, 1.807) is 24.6 Å². The van der Waals surface area contributed by atoms with Crippen molar-refractivity contribution in [1.82, 2.24) is 14.9 Å². The molecule has 4 aliphatic rings. The SMILES string of the molecule is CC.CC1(C)CC2CCC3(C)C(C1)[C@@H]23.Nc1ncc(C(=O)N2CCSCC2)c(C(F)(F)F)n1. The monoisotopic (exact) mass is 486 g/mol. The van der Waals surface area contributed by atoms with E-state index < -0.39 is 29.3 Å². The fraction of sp³-hybridized carbons (Fsp3) is 0.792. The van der Waals surface area contributed by atoms with Crippen LogP contribution in [0.2, 0.25) is 0 Å². The number of halogens is 3. The first-order valence-electron chi connectivity index (χ1n) is 12.0. The van der Waals surface area contributed by atoms with Gasteiger partial charge in [-0.3, -0.25) is 4.79 Å². The van der Waals surface area contributed by atoms with Crippen LogP contribution >= 0.6 is 11.8 Å². The molecule has 186 valence electrons. The van der Waals surface area contributed by atoms with Gasteiger partial charge in [-0.1, -0.05) is 34.6 Å². The first kappa shape index (κ1) is 26.1. The molecule has 4 fully saturated rings. The van der Waals surface area contributed by atoms with Gasteiger partial charge in [-0.15, -0.1) is 0 Å². The Morgan fingerprint density at radius 1 is 1.18 bits per heavy atom. The maximum atomic E-state index is 12.8. The molecule has 2 N–H and O–H groups in total. The van der Waals surface area contributed by atoms with Gasteiger partial charge in [0.05, 0.1) is 5.56 Å². The lowest BCUT2D eigenvalue weighted by molar-refractivity contribution is -0.141. The van der Waals surface area contributed by atoms with Crippen LogP contribution in [0.3, 0.4) is 0 Å². The van der Waals surface area contributed by atoms with E-state index in [1.807, 2.05) is 13.8 Å². The second kappa shape index (κ2) is 9.62. The molecule has 1 aromatic rings. The van der Waals surface area contributed by atoms with E-state index in [0.29, 0.717) is 30.0 Å². The molecule has 2 heterocycles. The van der Waals surface area contributed by atoms with Crippen molar-refractivity contribution in [2.24, 2.45) is 28.6 Å². The lowest BCUT2D eigenvalue weighted by Gasteiger charge is -2.35. The Bertz CT molecular complexity index is 847. The van der Waals surface area contributed by atoms with E-state index in [1.165, 1.54) is 17.7 Å². The summed E-state index contributed by atoms with van der Waals surface area (Å²) in [6.45, 7) is 12.3. The van der Waals surface area contributed by atoms with Crippen molar-refractivity contribution in [3.8, 4) is 0 Å². The maximum absolute atomic E-state index is 12.8. The van der Waals surface area contributed by atoms with Crippen LogP contribution in [0, 0.1) is 28.6 Å². The smallest absolute Gasteiger partial charge is 0.368 e. The third-order valence-corrected chi connectivity index (χ3v) is 8.63. The van der Waals surface area contributed by atoms with Gasteiger partial charge in [0.15, 0.2) is 5.69 Å². The molecule has 3 unspecified atom stereocenters. The third-order valence-electron chi connectivity index (χ3n) is 7.69. The molecular formula is C24H37F3N4OS. The zero-order valence-corrected chi connectivity index (χ0v) is 21.2. The van der Waals surface area contributed by atoms with Gasteiger partial charge < -0.3 is 10.6 Å². The van der Waals surface area contributed by atoms with Crippen LogP contribution in [0.1, 0.15) is 76.4 Å². The Kier molecular flexibility index (Phi) is 7.61. The van der Waals surface area contributed by atoms with E-state index in [-0.39, 0.29) is 0 Å². The summed E-state index contributed by atoms with van der Waals surface area (Å²) in [7, 11) is 0. The van der Waals surface area contributed by atoms with Crippen LogP contribution in [0.15, 0.2) is 6.20 Å². The molecule has 1 amide bonds. The minimum atomic E-state index is -4.73. The third kappa shape index (κ3) is 5.43. The predicted octanol–water partition coefficient (Wildman–Crippen LogP) is 5.76. The average Bonchev–Trinajstić information content (AvgIpc) is 3.19. The van der Waals surface area contributed by atoms with Crippen LogP contribution in [0.5, 0.6) is 0 Å². The molecule has 1 aromatic heterocycles. The van der Waals surface area contributed by atoms with Crippen molar-refractivity contribution in [3.05, 3.63) is 17.5 Å². The van der Waals surface area contributed by atoms with Crippen molar-refractivity contribution in [2.75, 3.05) is 30.3 Å². The number of aromatic nitrogens is 2. The number of thioether (sulfide) groups is 1. The number of amides is 1. The highest BCUT2D eigenvalue weighted by Crippen LogP contribution is 2.77. The molecule has 0 bridgehead atoms. The van der Waals surface area contributed by atoms with Crippen LogP contribution in [0.25, 0.3) is 0 Å². The molecule has 3 aliphatic carbocycles. The summed E-state index contributed by atoms with van der Waals surface area (Å²) in [5.74, 6) is 3.62. The van der Waals surface area contributed by atoms with E-state index in [2.05, 4.69) is 30.7 Å². The van der Waals surface area contributed by atoms with Crippen LogP contribution in [-0.4, -0.2) is 45.4 Å². The number of nitrogens with two attached hydrogens (primary N) is 1. The molecular weight excluding hydrogens is 449 g/mol. The fourth-order valence-corrected chi connectivity index (χ4v) is 7.18. The number of alkyl halides is 3. The van der Waals surface area contributed by atoms with Gasteiger partial charge >= 0.3 is 6.18 Å². The quantitative estimate of drug-likeness (QED) is 0.546. The Morgan fingerprint density at radius 2 is 1.82 bits per heavy atom. The second-order valence-electron chi connectivity index (χ2n) is 10.4. The molecule has 3 saturated carbocycles. The summed E-state index contributed by atoms with van der Waals surface area (Å²) in [6.07, 6.45) is 2.24. The highest BCUT2D eigenvalue weighted by Gasteiger charge is 2.69. The largest absolute Gasteiger partial charge is 0.434 e. The number of fused-ring (bicyclic) bond motifs is 1. The number of carbonyl (C=O) groups is 1. The van der Waals surface area contributed by atoms with Crippen molar-refractivity contribution >= 4 is 23.6 Å². The zero-order valence-electron chi connectivity index (χ0n) is 20.3. The number of nitrogens with zero attached hydrogens (tertiary/aromatic N) is 3. The number of hydrogen-bond donors (Lipinski definition) is 1. The number of carbonyl (C=O) groups excluding carboxylic acids is 1. The summed E-state index contributed by atoms with van der Waals surface area (Å²) in [4.78, 5) is 20.1. The van der Waals surface area contributed by atoms with E-state index >= 15 is 0 Å². The maximum Gasteiger partial charge on any atom is 0.434 e. The second-order valence-corrected chi connectivity index (χ2v) is 11.6. The first-order valence-corrected chi connectivity index (χ1v) is 13.1. The van der Waals surface area contributed by atoms with Crippen molar-refractivity contribution in [2.45, 2.75) is 66.5 Å². The standard InChI is InChI=1S/C12H20.C10H11F3N4OS.C2H6/c1-11(2)6-8-4-5-12(3)9(7-11)10(8)12;11-10(12,13)7-6(5-15-9(14)16-7)8(18)17-1-3-19-4-2-17;1-2/h8-10H,4-7H2,1-3H3;5H,1-4H2,(H2,14,15,16);1-2H3/t8?,9?,10-,12?;;/m1../s1. The van der Waals surface area contributed by atoms with Gasteiger partial charge in [0.1, 0.15) is 0 Å². The van der Waals surface area contributed by atoms with E-state index in [9.17, 15) is 18.0 Å². The van der Waals surface area contributed by atoms with E-state index in [0.717, 1.165) is 29.4 Å². The lowest BCUT2D eigenvalue weighted by Crippen LogP contribution is -2.39. The number of anilines is 1. The minimum Gasteiger partial charge on any atom is -0.368 e. The molecule has 9 heteroatoms. The normalized spacial score (nSPS) is 31.4. The summed E-state index contributed by atoms with van der Waals surface area (Å²) < 4.78 is 38.5. The zero-order chi connectivity index (χ0) is 24.6. The predicted molar refractivity (Wildman–Crippen MR) is 127 cm³/mol.